The van der Waals surface area contributed by atoms with Crippen molar-refractivity contribution < 1.29 is 52.7 Å². The summed E-state index contributed by atoms with van der Waals surface area (Å²) in [5.41, 5.74) is -4.41. The van der Waals surface area contributed by atoms with Crippen LogP contribution >= 0.6 is 0 Å². The number of carbonyl (C=O) groups is 4. The first-order chi connectivity index (χ1) is 17.1. The van der Waals surface area contributed by atoms with Crippen LogP contribution in [0.25, 0.3) is 0 Å². The second-order valence-electron chi connectivity index (χ2n) is 11.6. The molecule has 4 fully saturated rings. The van der Waals surface area contributed by atoms with E-state index in [4.69, 9.17) is 28.4 Å². The normalized spacial score (nSPS) is 51.0. The van der Waals surface area contributed by atoms with Crippen molar-refractivity contribution in [3.05, 3.63) is 11.6 Å². The number of hydrogen-bond acceptors (Lipinski definition) is 11. The van der Waals surface area contributed by atoms with E-state index in [0.29, 0.717) is 5.57 Å². The molecule has 2 aliphatic carbocycles. The summed E-state index contributed by atoms with van der Waals surface area (Å²) >= 11 is 0. The molecule has 0 aromatic heterocycles. The third-order valence-electron chi connectivity index (χ3n) is 9.10. The molecule has 11 nitrogen and oxygen atoms in total. The monoisotopic (exact) mass is 522 g/mol. The third kappa shape index (κ3) is 3.50. The third-order valence-corrected chi connectivity index (χ3v) is 9.10. The maximum atomic E-state index is 13.0. The van der Waals surface area contributed by atoms with E-state index in [2.05, 4.69) is 0 Å². The van der Waals surface area contributed by atoms with Crippen LogP contribution in [-0.4, -0.2) is 82.4 Å². The minimum absolute atomic E-state index is 0.121. The Morgan fingerprint density at radius 3 is 2.22 bits per heavy atom. The van der Waals surface area contributed by atoms with Crippen molar-refractivity contribution in [2.45, 2.75) is 115 Å². The average molecular weight is 523 g/mol. The molecule has 5 aliphatic rings. The molecular formula is C26H34O11. The summed E-state index contributed by atoms with van der Waals surface area (Å²) in [4.78, 5) is 49.8. The van der Waals surface area contributed by atoms with Crippen LogP contribution in [0.4, 0.5) is 0 Å². The van der Waals surface area contributed by atoms with Gasteiger partial charge >= 0.3 is 23.9 Å². The molecule has 11 atom stereocenters. The molecule has 204 valence electrons. The zero-order valence-corrected chi connectivity index (χ0v) is 22.1. The highest BCUT2D eigenvalue weighted by Crippen LogP contribution is 2.69. The maximum absolute atomic E-state index is 13.0. The number of epoxide rings is 2. The summed E-state index contributed by atoms with van der Waals surface area (Å²) < 4.78 is 35.4. The van der Waals surface area contributed by atoms with E-state index in [1.54, 1.807) is 26.8 Å². The summed E-state index contributed by atoms with van der Waals surface area (Å²) in [5.74, 6) is -3.23. The Hall–Kier alpha value is -2.50. The van der Waals surface area contributed by atoms with Crippen LogP contribution in [0.3, 0.4) is 0 Å². The first kappa shape index (κ1) is 26.1. The zero-order valence-electron chi connectivity index (χ0n) is 22.1. The van der Waals surface area contributed by atoms with E-state index < -0.39 is 82.5 Å². The Labute approximate surface area is 214 Å². The second kappa shape index (κ2) is 8.00. The minimum Gasteiger partial charge on any atom is -0.462 e. The van der Waals surface area contributed by atoms with Gasteiger partial charge in [-0.15, -0.1) is 0 Å². The fourth-order valence-electron chi connectivity index (χ4n) is 7.34. The predicted molar refractivity (Wildman–Crippen MR) is 123 cm³/mol. The van der Waals surface area contributed by atoms with Gasteiger partial charge in [-0.3, -0.25) is 14.4 Å². The van der Waals surface area contributed by atoms with Gasteiger partial charge in [0, 0.05) is 44.9 Å². The molecule has 3 heterocycles. The summed E-state index contributed by atoms with van der Waals surface area (Å²) in [6.45, 7) is 10.7. The Balaban J connectivity index is 1.76. The van der Waals surface area contributed by atoms with Gasteiger partial charge in [-0.1, -0.05) is 12.5 Å². The standard InChI is InChI=1S/C26H34O11/c1-11-8-15(32-12(2)27)20(30)23(5)16(33-13(3)28)10-17-24(6,36-17)19(23)21(34-14(4)29)26-18(9-11)35-22(31)25(26,7)37-26/h9,15-21,30H,8,10H2,1-7H3/b11-9-/t15-,16+,17-,18+,19-,20+,21+,23+,24-,25+,26+/m1/s1. The van der Waals surface area contributed by atoms with Gasteiger partial charge in [0.15, 0.2) is 17.3 Å². The van der Waals surface area contributed by atoms with Gasteiger partial charge in [-0.25, -0.2) is 4.79 Å². The topological polar surface area (TPSA) is 150 Å². The molecule has 11 heteroatoms. The van der Waals surface area contributed by atoms with Crippen LogP contribution < -0.4 is 0 Å². The molecule has 37 heavy (non-hydrogen) atoms. The number of ether oxygens (including phenoxy) is 6. The lowest BCUT2D eigenvalue weighted by atomic mass is 9.53. The lowest BCUT2D eigenvalue weighted by Crippen LogP contribution is -2.67. The SMILES string of the molecule is CC(=O)O[C@H]1C[C@H]2O[C@@]2(C)[C@@H]2[C@H](OC(C)=O)[C@]34O[C@@]3(C)C(=O)O[C@H]4/C=C(/C)C[C@@H](OC(C)=O)[C@H](O)[C@@]12C. The molecule has 3 saturated heterocycles. The molecule has 1 spiro atoms. The molecule has 0 aromatic rings. The quantitative estimate of drug-likeness (QED) is 0.246. The molecule has 0 unspecified atom stereocenters. The molecular weight excluding hydrogens is 488 g/mol. The van der Waals surface area contributed by atoms with Crippen molar-refractivity contribution >= 4 is 23.9 Å². The van der Waals surface area contributed by atoms with E-state index in [-0.39, 0.29) is 18.9 Å². The summed E-state index contributed by atoms with van der Waals surface area (Å²) in [6, 6.07) is 0. The first-order valence-electron chi connectivity index (χ1n) is 12.6. The molecule has 1 saturated carbocycles. The van der Waals surface area contributed by atoms with Crippen LogP contribution in [0.15, 0.2) is 11.6 Å². The fourth-order valence-corrected chi connectivity index (χ4v) is 7.34. The van der Waals surface area contributed by atoms with Gasteiger partial charge < -0.3 is 33.5 Å². The number of fused-ring (bicyclic) bond motifs is 3. The summed E-state index contributed by atoms with van der Waals surface area (Å²) in [7, 11) is 0. The van der Waals surface area contributed by atoms with E-state index >= 15 is 0 Å². The minimum atomic E-state index is -1.40. The van der Waals surface area contributed by atoms with Gasteiger partial charge in [0.2, 0.25) is 0 Å². The van der Waals surface area contributed by atoms with E-state index in [1.807, 2.05) is 6.92 Å². The molecule has 5 rings (SSSR count). The number of esters is 4. The highest BCUT2D eigenvalue weighted by molar-refractivity contribution is 5.89. The number of hydrogen-bond donors (Lipinski definition) is 1. The van der Waals surface area contributed by atoms with Gasteiger partial charge in [0.1, 0.15) is 24.4 Å². The highest BCUT2D eigenvalue weighted by atomic mass is 16.7. The first-order valence-corrected chi connectivity index (χ1v) is 12.6. The van der Waals surface area contributed by atoms with Crippen molar-refractivity contribution in [3.63, 3.8) is 0 Å². The van der Waals surface area contributed by atoms with Crippen molar-refractivity contribution in [1.29, 1.82) is 0 Å². The number of rotatable bonds is 3. The Morgan fingerprint density at radius 2 is 1.65 bits per heavy atom. The van der Waals surface area contributed by atoms with Crippen molar-refractivity contribution in [3.8, 4) is 0 Å². The molecule has 1 N–H and O–H groups in total. The van der Waals surface area contributed by atoms with Crippen molar-refractivity contribution in [2.75, 3.05) is 0 Å². The lowest BCUT2D eigenvalue weighted by molar-refractivity contribution is -0.220. The largest absolute Gasteiger partial charge is 0.462 e. The lowest BCUT2D eigenvalue weighted by Gasteiger charge is -2.54. The van der Waals surface area contributed by atoms with Crippen LogP contribution in [0, 0.1) is 11.3 Å². The highest BCUT2D eigenvalue weighted by Gasteiger charge is 2.89. The van der Waals surface area contributed by atoms with E-state index in [1.165, 1.54) is 20.8 Å². The molecule has 0 radical (unpaired) electrons. The average Bonchev–Trinajstić information content (AvgIpc) is 3.60. The number of aliphatic hydroxyl groups is 1. The van der Waals surface area contributed by atoms with Gasteiger partial charge in [0.25, 0.3) is 0 Å². The predicted octanol–water partition coefficient (Wildman–Crippen LogP) is 1.13. The Morgan fingerprint density at radius 1 is 1.03 bits per heavy atom. The molecule has 0 aromatic carbocycles. The maximum Gasteiger partial charge on any atom is 0.342 e. The number of aliphatic hydroxyl groups excluding tert-OH is 1. The van der Waals surface area contributed by atoms with Gasteiger partial charge in [0.05, 0.1) is 11.7 Å². The Kier molecular flexibility index (Phi) is 5.65. The van der Waals surface area contributed by atoms with Crippen molar-refractivity contribution in [2.24, 2.45) is 11.3 Å². The molecule has 0 bridgehead atoms. The summed E-state index contributed by atoms with van der Waals surface area (Å²) in [5, 5.41) is 12.0. The summed E-state index contributed by atoms with van der Waals surface area (Å²) in [6.07, 6.45) is -3.62. The Bertz CT molecular complexity index is 1100. The molecule has 0 amide bonds. The van der Waals surface area contributed by atoms with Crippen LogP contribution in [0.5, 0.6) is 0 Å². The van der Waals surface area contributed by atoms with Gasteiger partial charge in [-0.2, -0.15) is 0 Å². The smallest absolute Gasteiger partial charge is 0.342 e. The van der Waals surface area contributed by atoms with Crippen LogP contribution in [0.2, 0.25) is 0 Å². The zero-order chi connectivity index (χ0) is 27.3. The number of carbonyl (C=O) groups excluding carboxylic acids is 4. The fraction of sp³-hybridized carbons (Fsp3) is 0.769. The van der Waals surface area contributed by atoms with E-state index in [0.717, 1.165) is 0 Å². The van der Waals surface area contributed by atoms with Crippen molar-refractivity contribution in [1.82, 2.24) is 0 Å². The van der Waals surface area contributed by atoms with Crippen LogP contribution in [-0.2, 0) is 47.6 Å². The van der Waals surface area contributed by atoms with E-state index in [9.17, 15) is 24.3 Å². The molecule has 3 aliphatic heterocycles. The second-order valence-corrected chi connectivity index (χ2v) is 11.6. The van der Waals surface area contributed by atoms with Gasteiger partial charge in [-0.05, 0) is 26.8 Å². The van der Waals surface area contributed by atoms with Crippen LogP contribution in [0.1, 0.15) is 61.3 Å².